The highest BCUT2D eigenvalue weighted by Crippen LogP contribution is 2.58. The molecule has 2 aliphatic carbocycles. The molecule has 0 amide bonds. The van der Waals surface area contributed by atoms with Gasteiger partial charge in [-0.05, 0) is 37.5 Å². The highest BCUT2D eigenvalue weighted by Gasteiger charge is 2.54. The molecule has 3 aliphatic rings. The van der Waals surface area contributed by atoms with Crippen LogP contribution in [-0.4, -0.2) is 20.3 Å². The molecule has 1 aliphatic heterocycles. The van der Waals surface area contributed by atoms with Crippen molar-refractivity contribution >= 4 is 0 Å². The zero-order valence-electron chi connectivity index (χ0n) is 12.0. The van der Waals surface area contributed by atoms with Gasteiger partial charge in [-0.3, -0.25) is 0 Å². The van der Waals surface area contributed by atoms with Gasteiger partial charge in [-0.1, -0.05) is 17.7 Å². The normalized spacial score (nSPS) is 29.1. The zero-order chi connectivity index (χ0) is 13.9. The first-order valence-electron chi connectivity index (χ1n) is 7.02. The Bertz CT molecular complexity index is 656. The van der Waals surface area contributed by atoms with E-state index >= 15 is 0 Å². The first-order chi connectivity index (χ1) is 9.70. The predicted octanol–water partition coefficient (Wildman–Crippen LogP) is 3.13. The summed E-state index contributed by atoms with van der Waals surface area (Å²) in [5.74, 6) is 2.60. The van der Waals surface area contributed by atoms with E-state index in [0.717, 1.165) is 30.1 Å². The molecule has 1 aromatic carbocycles. The standard InChI is InChI=1S/C17H18O3/c1-17-11-6-4-10-5-8-12(18-2)15(14(10)17)20-16(17)13(19-3)9-7-11/h5,7-9,16H,4,6H2,1-3H3. The highest BCUT2D eigenvalue weighted by molar-refractivity contribution is 5.65. The van der Waals surface area contributed by atoms with Crippen LogP contribution in [0.1, 0.15) is 24.5 Å². The molecule has 1 heterocycles. The number of benzene rings is 1. The Kier molecular flexibility index (Phi) is 2.27. The number of hydrogen-bond acceptors (Lipinski definition) is 3. The van der Waals surface area contributed by atoms with Gasteiger partial charge in [-0.15, -0.1) is 0 Å². The lowest BCUT2D eigenvalue weighted by Gasteiger charge is -2.39. The molecule has 3 nitrogen and oxygen atoms in total. The first-order valence-corrected chi connectivity index (χ1v) is 7.02. The molecule has 3 heteroatoms. The van der Waals surface area contributed by atoms with Gasteiger partial charge in [0.15, 0.2) is 17.6 Å². The minimum absolute atomic E-state index is 0.0714. The fourth-order valence-electron chi connectivity index (χ4n) is 3.93. The SMILES string of the molecule is COC1=CC=C2CCc3ccc(OC)c4c3C2(C)C1O4. The molecule has 0 fully saturated rings. The van der Waals surface area contributed by atoms with E-state index in [2.05, 4.69) is 19.1 Å². The number of methoxy groups -OCH3 is 2. The summed E-state index contributed by atoms with van der Waals surface area (Å²) in [5, 5.41) is 0. The molecule has 0 N–H and O–H groups in total. The van der Waals surface area contributed by atoms with Crippen molar-refractivity contribution in [1.29, 1.82) is 0 Å². The van der Waals surface area contributed by atoms with E-state index in [1.54, 1.807) is 14.2 Å². The maximum absolute atomic E-state index is 6.27. The third-order valence-electron chi connectivity index (χ3n) is 4.98. The largest absolute Gasteiger partial charge is 0.497 e. The van der Waals surface area contributed by atoms with E-state index in [1.807, 2.05) is 12.1 Å². The maximum atomic E-state index is 6.27. The lowest BCUT2D eigenvalue weighted by atomic mass is 9.64. The van der Waals surface area contributed by atoms with Crippen molar-refractivity contribution in [3.63, 3.8) is 0 Å². The third-order valence-corrected chi connectivity index (χ3v) is 4.98. The Morgan fingerprint density at radius 1 is 1.15 bits per heavy atom. The molecule has 104 valence electrons. The summed E-state index contributed by atoms with van der Waals surface area (Å²) in [7, 11) is 3.40. The fraction of sp³-hybridized carbons (Fsp3) is 0.412. The van der Waals surface area contributed by atoms with Crippen LogP contribution in [0.5, 0.6) is 11.5 Å². The molecule has 0 bridgehead atoms. The molecule has 0 saturated heterocycles. The first kappa shape index (κ1) is 11.9. The van der Waals surface area contributed by atoms with Gasteiger partial charge in [-0.2, -0.15) is 0 Å². The van der Waals surface area contributed by atoms with E-state index in [4.69, 9.17) is 14.2 Å². The van der Waals surface area contributed by atoms with Gasteiger partial charge in [0.2, 0.25) is 0 Å². The maximum Gasteiger partial charge on any atom is 0.169 e. The summed E-state index contributed by atoms with van der Waals surface area (Å²) in [6.45, 7) is 2.27. The molecule has 0 spiro atoms. The van der Waals surface area contributed by atoms with Crippen LogP contribution in [0.15, 0.2) is 35.6 Å². The van der Waals surface area contributed by atoms with Crippen LogP contribution >= 0.6 is 0 Å². The van der Waals surface area contributed by atoms with E-state index < -0.39 is 0 Å². The average molecular weight is 270 g/mol. The monoisotopic (exact) mass is 270 g/mol. The summed E-state index contributed by atoms with van der Waals surface area (Å²) < 4.78 is 17.3. The van der Waals surface area contributed by atoms with Crippen molar-refractivity contribution < 1.29 is 14.2 Å². The van der Waals surface area contributed by atoms with Crippen molar-refractivity contribution in [1.82, 2.24) is 0 Å². The Hall–Kier alpha value is -1.90. The Balaban J connectivity index is 2.01. The van der Waals surface area contributed by atoms with Gasteiger partial charge >= 0.3 is 0 Å². The van der Waals surface area contributed by atoms with Crippen molar-refractivity contribution in [2.75, 3.05) is 14.2 Å². The minimum atomic E-state index is -0.114. The van der Waals surface area contributed by atoms with Gasteiger partial charge in [0.1, 0.15) is 5.76 Å². The van der Waals surface area contributed by atoms with E-state index in [-0.39, 0.29) is 11.5 Å². The average Bonchev–Trinajstić information content (AvgIpc) is 2.79. The molecule has 0 aromatic heterocycles. The van der Waals surface area contributed by atoms with Gasteiger partial charge in [0.05, 0.1) is 19.6 Å². The van der Waals surface area contributed by atoms with Crippen molar-refractivity contribution in [3.8, 4) is 11.5 Å². The summed E-state index contributed by atoms with van der Waals surface area (Å²) >= 11 is 0. The number of hydrogen-bond donors (Lipinski definition) is 0. The number of ether oxygens (including phenoxy) is 3. The lowest BCUT2D eigenvalue weighted by Crippen LogP contribution is -2.42. The quantitative estimate of drug-likeness (QED) is 0.826. The van der Waals surface area contributed by atoms with Gasteiger partial charge < -0.3 is 14.2 Å². The molecule has 4 rings (SSSR count). The molecule has 2 unspecified atom stereocenters. The molecule has 20 heavy (non-hydrogen) atoms. The highest BCUT2D eigenvalue weighted by atomic mass is 16.6. The predicted molar refractivity (Wildman–Crippen MR) is 76.3 cm³/mol. The van der Waals surface area contributed by atoms with Gasteiger partial charge in [0, 0.05) is 5.56 Å². The summed E-state index contributed by atoms with van der Waals surface area (Å²) in [6, 6.07) is 4.19. The van der Waals surface area contributed by atoms with Crippen LogP contribution in [-0.2, 0) is 16.6 Å². The second kappa shape index (κ2) is 3.81. The van der Waals surface area contributed by atoms with Crippen LogP contribution in [0.2, 0.25) is 0 Å². The van der Waals surface area contributed by atoms with Crippen molar-refractivity contribution in [2.24, 2.45) is 0 Å². The van der Waals surface area contributed by atoms with E-state index in [9.17, 15) is 0 Å². The Morgan fingerprint density at radius 2 is 2.00 bits per heavy atom. The summed E-state index contributed by atoms with van der Waals surface area (Å²) in [6.07, 6.45) is 6.34. The topological polar surface area (TPSA) is 27.7 Å². The van der Waals surface area contributed by atoms with E-state index in [1.165, 1.54) is 16.7 Å². The van der Waals surface area contributed by atoms with Crippen LogP contribution in [0, 0.1) is 0 Å². The number of aryl methyl sites for hydroxylation is 1. The summed E-state index contributed by atoms with van der Waals surface area (Å²) in [4.78, 5) is 0. The molecule has 0 saturated carbocycles. The second-order valence-corrected chi connectivity index (χ2v) is 5.80. The smallest absolute Gasteiger partial charge is 0.169 e. The number of allylic oxidation sites excluding steroid dienone is 2. The fourth-order valence-corrected chi connectivity index (χ4v) is 3.93. The van der Waals surface area contributed by atoms with Gasteiger partial charge in [-0.25, -0.2) is 0 Å². The third kappa shape index (κ3) is 1.21. The van der Waals surface area contributed by atoms with Crippen LogP contribution < -0.4 is 9.47 Å². The molecule has 1 aromatic rings. The minimum Gasteiger partial charge on any atom is -0.497 e. The van der Waals surface area contributed by atoms with E-state index in [0.29, 0.717) is 0 Å². The lowest BCUT2D eigenvalue weighted by molar-refractivity contribution is 0.120. The van der Waals surface area contributed by atoms with Crippen LogP contribution in [0.25, 0.3) is 0 Å². The van der Waals surface area contributed by atoms with Crippen molar-refractivity contribution in [2.45, 2.75) is 31.3 Å². The van der Waals surface area contributed by atoms with Crippen LogP contribution in [0.3, 0.4) is 0 Å². The van der Waals surface area contributed by atoms with Gasteiger partial charge in [0.25, 0.3) is 0 Å². The molecular formula is C17H18O3. The molecule has 0 radical (unpaired) electrons. The number of rotatable bonds is 2. The van der Waals surface area contributed by atoms with Crippen molar-refractivity contribution in [3.05, 3.63) is 46.7 Å². The molecule has 2 atom stereocenters. The summed E-state index contributed by atoms with van der Waals surface area (Å²) in [5.41, 5.74) is 3.99. The molecular weight excluding hydrogens is 252 g/mol. The second-order valence-electron chi connectivity index (χ2n) is 5.80. The Morgan fingerprint density at radius 3 is 2.75 bits per heavy atom. The van der Waals surface area contributed by atoms with Crippen LogP contribution in [0.4, 0.5) is 0 Å². The Labute approximate surface area is 118 Å². The zero-order valence-corrected chi connectivity index (χ0v) is 12.0.